The predicted molar refractivity (Wildman–Crippen MR) is 90.8 cm³/mol. The Kier molecular flexibility index (Phi) is 5.49. The van der Waals surface area contributed by atoms with Crippen molar-refractivity contribution in [3.05, 3.63) is 29.8 Å². The van der Waals surface area contributed by atoms with E-state index in [-0.39, 0.29) is 0 Å². The van der Waals surface area contributed by atoms with Crippen molar-refractivity contribution in [3.63, 3.8) is 0 Å². The van der Waals surface area contributed by atoms with Crippen LogP contribution in [0.2, 0.25) is 0 Å². The molecule has 0 saturated carbocycles. The molecule has 1 aliphatic heterocycles. The van der Waals surface area contributed by atoms with Crippen LogP contribution in [-0.4, -0.2) is 77.5 Å². The Labute approximate surface area is 149 Å². The van der Waals surface area contributed by atoms with Crippen molar-refractivity contribution in [2.45, 2.75) is 44.5 Å². The highest BCUT2D eigenvalue weighted by atomic mass is 16.6. The Balaban J connectivity index is 2.01. The van der Waals surface area contributed by atoms with Gasteiger partial charge in [0, 0.05) is 0 Å². The van der Waals surface area contributed by atoms with E-state index < -0.39 is 37.3 Å². The molecule has 1 aliphatic rings. The lowest BCUT2D eigenvalue weighted by molar-refractivity contribution is -0.250. The zero-order chi connectivity index (χ0) is 18.8. The van der Waals surface area contributed by atoms with Crippen molar-refractivity contribution in [2.24, 2.45) is 4.99 Å². The monoisotopic (exact) mass is 365 g/mol. The largest absolute Gasteiger partial charge is 0.394 e. The minimum Gasteiger partial charge on any atom is -0.394 e. The molecule has 0 radical (unpaired) electrons. The highest BCUT2D eigenvalue weighted by Crippen LogP contribution is 2.29. The lowest BCUT2D eigenvalue weighted by Crippen LogP contribution is -2.56. The Morgan fingerprint density at radius 3 is 2.73 bits per heavy atom. The Morgan fingerprint density at radius 2 is 2.04 bits per heavy atom. The van der Waals surface area contributed by atoms with Gasteiger partial charge in [0.25, 0.3) is 0 Å². The van der Waals surface area contributed by atoms with Crippen molar-refractivity contribution in [1.82, 2.24) is 19.5 Å². The van der Waals surface area contributed by atoms with Gasteiger partial charge in [-0.1, -0.05) is 11.6 Å². The quantitative estimate of drug-likeness (QED) is 0.418. The highest BCUT2D eigenvalue weighted by molar-refractivity contribution is 5.68. The number of allylic oxidation sites excluding steroid dienone is 1. The fourth-order valence-electron chi connectivity index (χ4n) is 2.82. The number of nitrogens with one attached hydrogen (secondary N) is 1. The number of hydrogen-bond donors (Lipinski definition) is 5. The number of fused-ring (bicyclic) bond motifs is 1. The fourth-order valence-corrected chi connectivity index (χ4v) is 2.82. The van der Waals surface area contributed by atoms with Gasteiger partial charge in [-0.3, -0.25) is 9.56 Å². The number of aromatic amines is 1. The van der Waals surface area contributed by atoms with Gasteiger partial charge in [-0.15, -0.1) is 0 Å². The van der Waals surface area contributed by atoms with Crippen LogP contribution in [0.5, 0.6) is 0 Å². The summed E-state index contributed by atoms with van der Waals surface area (Å²) in [6, 6.07) is 0. The standard InChI is InChI=1S/C16H23N5O5/c1-8(2)3-4-17-14-10-15(19-6-18-10)21(7-20-14)16-13(25)12(24)11(23)9(5-22)26-16/h3,6-7,9,11-13,16,22-25H,4-5H2,1-2H3,(H,18,19)/t9-,11-,12+,13-,16-/m1/s1. The van der Waals surface area contributed by atoms with Gasteiger partial charge < -0.3 is 30.1 Å². The number of H-pyrrole nitrogens is 1. The summed E-state index contributed by atoms with van der Waals surface area (Å²) in [4.78, 5) is 15.9. The molecule has 0 spiro atoms. The Hall–Kier alpha value is -2.11. The van der Waals surface area contributed by atoms with Gasteiger partial charge in [-0.05, 0) is 13.8 Å². The first-order chi connectivity index (χ1) is 12.4. The predicted octanol–water partition coefficient (Wildman–Crippen LogP) is -1.40. The van der Waals surface area contributed by atoms with E-state index in [4.69, 9.17) is 4.74 Å². The molecule has 0 bridgehead atoms. The van der Waals surface area contributed by atoms with E-state index in [2.05, 4.69) is 19.9 Å². The molecule has 3 rings (SSSR count). The lowest BCUT2D eigenvalue weighted by Gasteiger charge is -2.40. The van der Waals surface area contributed by atoms with Crippen LogP contribution in [-0.2, 0) is 4.74 Å². The second-order valence-corrected chi connectivity index (χ2v) is 6.42. The van der Waals surface area contributed by atoms with Crippen LogP contribution in [0.4, 0.5) is 0 Å². The van der Waals surface area contributed by atoms with Gasteiger partial charge in [-0.2, -0.15) is 0 Å². The van der Waals surface area contributed by atoms with Crippen LogP contribution < -0.4 is 5.49 Å². The number of ether oxygens (including phenoxy) is 1. The number of imidazole rings is 1. The van der Waals surface area contributed by atoms with E-state index in [0.29, 0.717) is 23.2 Å². The lowest BCUT2D eigenvalue weighted by atomic mass is 9.98. The summed E-state index contributed by atoms with van der Waals surface area (Å²) < 4.78 is 7.00. The minimum absolute atomic E-state index is 0.417. The average Bonchev–Trinajstić information content (AvgIpc) is 3.10. The molecular weight excluding hydrogens is 342 g/mol. The van der Waals surface area contributed by atoms with Gasteiger partial charge >= 0.3 is 0 Å². The number of aromatic nitrogens is 4. The number of nitrogens with zero attached hydrogens (tertiary/aromatic N) is 4. The maximum absolute atomic E-state index is 10.3. The molecule has 0 aromatic carbocycles. The molecule has 26 heavy (non-hydrogen) atoms. The van der Waals surface area contributed by atoms with Crippen molar-refractivity contribution >= 4 is 11.2 Å². The van der Waals surface area contributed by atoms with E-state index in [9.17, 15) is 20.4 Å². The van der Waals surface area contributed by atoms with E-state index in [1.807, 2.05) is 19.9 Å². The van der Waals surface area contributed by atoms with E-state index in [0.717, 1.165) is 5.57 Å². The molecule has 142 valence electrons. The van der Waals surface area contributed by atoms with Crippen LogP contribution in [0, 0.1) is 0 Å². The van der Waals surface area contributed by atoms with E-state index in [1.165, 1.54) is 17.2 Å². The third-order valence-corrected chi connectivity index (χ3v) is 4.27. The van der Waals surface area contributed by atoms with E-state index in [1.54, 1.807) is 0 Å². The smallest absolute Gasteiger partial charge is 0.177 e. The first kappa shape index (κ1) is 18.7. The second-order valence-electron chi connectivity index (χ2n) is 6.42. The summed E-state index contributed by atoms with van der Waals surface area (Å²) in [5, 5.41) is 39.6. The van der Waals surface area contributed by atoms with Gasteiger partial charge in [0.15, 0.2) is 17.4 Å². The molecule has 1 fully saturated rings. The molecule has 2 aromatic rings. The molecule has 0 unspecified atom stereocenters. The summed E-state index contributed by atoms with van der Waals surface area (Å²) in [7, 11) is 0. The summed E-state index contributed by atoms with van der Waals surface area (Å²) >= 11 is 0. The Morgan fingerprint density at radius 1 is 1.27 bits per heavy atom. The zero-order valence-corrected chi connectivity index (χ0v) is 14.5. The maximum Gasteiger partial charge on any atom is 0.177 e. The summed E-state index contributed by atoms with van der Waals surface area (Å²) in [5.41, 5.74) is 2.56. The average molecular weight is 365 g/mol. The topological polar surface area (TPSA) is 149 Å². The summed E-state index contributed by atoms with van der Waals surface area (Å²) in [6.45, 7) is 3.92. The highest BCUT2D eigenvalue weighted by Gasteiger charge is 2.44. The van der Waals surface area contributed by atoms with Crippen molar-refractivity contribution in [1.29, 1.82) is 0 Å². The second kappa shape index (κ2) is 7.64. The van der Waals surface area contributed by atoms with Crippen molar-refractivity contribution < 1.29 is 25.2 Å². The zero-order valence-electron chi connectivity index (χ0n) is 14.5. The van der Waals surface area contributed by atoms with E-state index >= 15 is 0 Å². The number of hydrogen-bond acceptors (Lipinski definition) is 8. The third-order valence-electron chi connectivity index (χ3n) is 4.27. The summed E-state index contributed by atoms with van der Waals surface area (Å²) in [5.74, 6) is 0. The van der Waals surface area contributed by atoms with Crippen LogP contribution in [0.3, 0.4) is 0 Å². The molecule has 0 amide bonds. The molecule has 2 aromatic heterocycles. The first-order valence-corrected chi connectivity index (χ1v) is 8.28. The third kappa shape index (κ3) is 3.41. The SMILES string of the molecule is CC(C)=CCN=c1ncn([C@@H]2O[C@H](CO)[C@@H](O)[C@H](O)[C@H]2O)c2nc[nH]c12. The van der Waals surface area contributed by atoms with Gasteiger partial charge in [0.1, 0.15) is 36.3 Å². The molecular formula is C16H23N5O5. The number of aliphatic hydroxyl groups excluding tert-OH is 4. The molecule has 0 aliphatic carbocycles. The molecule has 3 heterocycles. The first-order valence-electron chi connectivity index (χ1n) is 8.28. The van der Waals surface area contributed by atoms with Crippen molar-refractivity contribution in [3.8, 4) is 0 Å². The van der Waals surface area contributed by atoms with Crippen molar-refractivity contribution in [2.75, 3.05) is 13.2 Å². The van der Waals surface area contributed by atoms with Crippen LogP contribution in [0.15, 0.2) is 29.3 Å². The van der Waals surface area contributed by atoms with Crippen LogP contribution in [0.25, 0.3) is 11.2 Å². The number of rotatable bonds is 4. The molecule has 10 heteroatoms. The fraction of sp³-hybridized carbons (Fsp3) is 0.562. The normalized spacial score (nSPS) is 29.9. The number of aliphatic hydroxyl groups is 4. The van der Waals surface area contributed by atoms with Gasteiger partial charge in [0.05, 0.1) is 19.5 Å². The van der Waals surface area contributed by atoms with Gasteiger partial charge in [0.2, 0.25) is 0 Å². The molecule has 5 N–H and O–H groups in total. The van der Waals surface area contributed by atoms with Crippen LogP contribution >= 0.6 is 0 Å². The maximum atomic E-state index is 10.3. The molecule has 1 saturated heterocycles. The van der Waals surface area contributed by atoms with Crippen LogP contribution in [0.1, 0.15) is 20.1 Å². The van der Waals surface area contributed by atoms with Gasteiger partial charge in [-0.25, -0.2) is 9.97 Å². The molecule has 10 nitrogen and oxygen atoms in total. The molecule has 5 atom stereocenters. The Bertz CT molecular complexity index is 854. The summed E-state index contributed by atoms with van der Waals surface area (Å²) in [6.07, 6.45) is -1.58. The minimum atomic E-state index is -1.48.